The van der Waals surface area contributed by atoms with Gasteiger partial charge in [0, 0.05) is 0 Å². The van der Waals surface area contributed by atoms with E-state index in [1.165, 1.54) is 0 Å². The number of hydrogen-bond acceptors (Lipinski definition) is 7. The molecule has 0 aliphatic carbocycles. The highest BCUT2D eigenvalue weighted by Gasteiger charge is 2.23. The molecule has 0 aromatic carbocycles. The lowest BCUT2D eigenvalue weighted by Gasteiger charge is -2.19. The van der Waals surface area contributed by atoms with Crippen molar-refractivity contribution in [1.29, 1.82) is 0 Å². The van der Waals surface area contributed by atoms with Crippen LogP contribution >= 0.6 is 0 Å². The molecule has 0 saturated carbocycles. The first-order valence-electron chi connectivity index (χ1n) is 5.47. The quantitative estimate of drug-likeness (QED) is 0.700. The zero-order valence-corrected chi connectivity index (χ0v) is 9.55. The van der Waals surface area contributed by atoms with Crippen molar-refractivity contribution in [3.05, 3.63) is 11.7 Å². The molecule has 0 spiro atoms. The van der Waals surface area contributed by atoms with Crippen LogP contribution < -0.4 is 0 Å². The Labute approximate surface area is 98.0 Å². The maximum absolute atomic E-state index is 11.2. The molecule has 17 heavy (non-hydrogen) atoms. The van der Waals surface area contributed by atoms with Crippen molar-refractivity contribution < 1.29 is 23.5 Å². The second kappa shape index (κ2) is 5.74. The van der Waals surface area contributed by atoms with Crippen molar-refractivity contribution in [3.63, 3.8) is 0 Å². The van der Waals surface area contributed by atoms with E-state index >= 15 is 0 Å². The monoisotopic (exact) mass is 242 g/mol. The highest BCUT2D eigenvalue weighted by atomic mass is 16.6. The lowest BCUT2D eigenvalue weighted by Crippen LogP contribution is -2.22. The molecule has 1 saturated heterocycles. The van der Waals surface area contributed by atoms with Crippen LogP contribution in [0.2, 0.25) is 0 Å². The standard InChI is InChI=1S/C10H14N2O5/c1-2-15-9(13)5-8-11-10(12-17-8)7-6-14-3-4-16-7/h7H,2-6H2,1H3. The topological polar surface area (TPSA) is 83.7 Å². The second-order valence-corrected chi connectivity index (χ2v) is 3.46. The predicted octanol–water partition coefficient (Wildman–Crippen LogP) is 0.263. The average Bonchev–Trinajstić information content (AvgIpc) is 2.79. The molecule has 0 bridgehead atoms. The number of hydrogen-bond donors (Lipinski definition) is 0. The van der Waals surface area contributed by atoms with Crippen molar-refractivity contribution in [1.82, 2.24) is 10.1 Å². The minimum atomic E-state index is -0.386. The normalized spacial score (nSPS) is 20.2. The molecule has 0 N–H and O–H groups in total. The highest BCUT2D eigenvalue weighted by Crippen LogP contribution is 2.17. The van der Waals surface area contributed by atoms with Gasteiger partial charge in [0.1, 0.15) is 12.5 Å². The zero-order chi connectivity index (χ0) is 12.1. The molecule has 1 aliphatic heterocycles. The zero-order valence-electron chi connectivity index (χ0n) is 9.55. The fourth-order valence-electron chi connectivity index (χ4n) is 1.44. The van der Waals surface area contributed by atoms with Crippen molar-refractivity contribution in [2.45, 2.75) is 19.4 Å². The van der Waals surface area contributed by atoms with Crippen LogP contribution in [0.3, 0.4) is 0 Å². The molecule has 7 heteroatoms. The molecule has 94 valence electrons. The van der Waals surface area contributed by atoms with Gasteiger partial charge in [0.15, 0.2) is 0 Å². The smallest absolute Gasteiger partial charge is 0.315 e. The van der Waals surface area contributed by atoms with Gasteiger partial charge in [-0.15, -0.1) is 0 Å². The van der Waals surface area contributed by atoms with Crippen LogP contribution in [0.4, 0.5) is 0 Å². The van der Waals surface area contributed by atoms with Gasteiger partial charge >= 0.3 is 5.97 Å². The van der Waals surface area contributed by atoms with Crippen molar-refractivity contribution in [2.24, 2.45) is 0 Å². The number of rotatable bonds is 4. The summed E-state index contributed by atoms with van der Waals surface area (Å²) >= 11 is 0. The van der Waals surface area contributed by atoms with E-state index in [1.54, 1.807) is 6.92 Å². The summed E-state index contributed by atoms with van der Waals surface area (Å²) in [6, 6.07) is 0. The van der Waals surface area contributed by atoms with Gasteiger partial charge in [-0.25, -0.2) is 0 Å². The maximum atomic E-state index is 11.2. The highest BCUT2D eigenvalue weighted by molar-refractivity contribution is 5.71. The number of nitrogens with zero attached hydrogens (tertiary/aromatic N) is 2. The Hall–Kier alpha value is -1.47. The van der Waals surface area contributed by atoms with E-state index in [0.29, 0.717) is 32.3 Å². The van der Waals surface area contributed by atoms with Gasteiger partial charge in [-0.2, -0.15) is 4.98 Å². The Kier molecular flexibility index (Phi) is 4.05. The van der Waals surface area contributed by atoms with Gasteiger partial charge in [-0.05, 0) is 6.92 Å². The summed E-state index contributed by atoms with van der Waals surface area (Å²) in [5.41, 5.74) is 0. The molecule has 7 nitrogen and oxygen atoms in total. The van der Waals surface area contributed by atoms with E-state index in [9.17, 15) is 4.79 Å². The van der Waals surface area contributed by atoms with Crippen LogP contribution in [0.1, 0.15) is 24.7 Å². The largest absolute Gasteiger partial charge is 0.466 e. The molecule has 1 unspecified atom stereocenters. The Morgan fingerprint density at radius 3 is 3.12 bits per heavy atom. The van der Waals surface area contributed by atoms with Gasteiger partial charge in [-0.3, -0.25) is 4.79 Å². The maximum Gasteiger partial charge on any atom is 0.315 e. The summed E-state index contributed by atoms with van der Waals surface area (Å²) in [5, 5.41) is 3.75. The van der Waals surface area contributed by atoms with Crippen LogP contribution in [0.15, 0.2) is 4.52 Å². The van der Waals surface area contributed by atoms with Gasteiger partial charge in [-0.1, -0.05) is 5.16 Å². The molecule has 1 aliphatic rings. The molecular weight excluding hydrogens is 228 g/mol. The van der Waals surface area contributed by atoms with Gasteiger partial charge in [0.05, 0.1) is 26.4 Å². The Morgan fingerprint density at radius 2 is 2.41 bits per heavy atom. The molecule has 1 fully saturated rings. The third-order valence-electron chi connectivity index (χ3n) is 2.19. The fraction of sp³-hybridized carbons (Fsp3) is 0.700. The number of esters is 1. The molecule has 0 amide bonds. The van der Waals surface area contributed by atoms with Crippen LogP contribution in [0, 0.1) is 0 Å². The average molecular weight is 242 g/mol. The lowest BCUT2D eigenvalue weighted by atomic mass is 10.3. The van der Waals surface area contributed by atoms with Crippen LogP contribution in [-0.4, -0.2) is 42.5 Å². The number of carbonyl (C=O) groups excluding carboxylic acids is 1. The van der Waals surface area contributed by atoms with Gasteiger partial charge in [0.25, 0.3) is 0 Å². The molecule has 1 aromatic rings. The number of carbonyl (C=O) groups is 1. The lowest BCUT2D eigenvalue weighted by molar-refractivity contribution is -0.142. The molecular formula is C10H14N2O5. The first-order chi connectivity index (χ1) is 8.29. The van der Waals surface area contributed by atoms with E-state index in [4.69, 9.17) is 18.7 Å². The van der Waals surface area contributed by atoms with Crippen LogP contribution in [0.5, 0.6) is 0 Å². The summed E-state index contributed by atoms with van der Waals surface area (Å²) in [5.74, 6) is 0.250. The second-order valence-electron chi connectivity index (χ2n) is 3.46. The molecule has 2 heterocycles. The van der Waals surface area contributed by atoms with E-state index in [2.05, 4.69) is 10.1 Å². The Morgan fingerprint density at radius 1 is 1.53 bits per heavy atom. The molecule has 2 rings (SSSR count). The van der Waals surface area contributed by atoms with E-state index in [0.717, 1.165) is 0 Å². The van der Waals surface area contributed by atoms with E-state index in [1.807, 2.05) is 0 Å². The summed E-state index contributed by atoms with van der Waals surface area (Å²) < 4.78 is 20.3. The summed E-state index contributed by atoms with van der Waals surface area (Å²) in [4.78, 5) is 15.3. The Bertz CT molecular complexity index is 373. The van der Waals surface area contributed by atoms with Gasteiger partial charge < -0.3 is 18.7 Å². The number of ether oxygens (including phenoxy) is 3. The van der Waals surface area contributed by atoms with Crippen LogP contribution in [-0.2, 0) is 25.4 Å². The summed E-state index contributed by atoms with van der Waals surface area (Å²) in [6.45, 7) is 3.55. The van der Waals surface area contributed by atoms with Crippen molar-refractivity contribution in [2.75, 3.05) is 26.4 Å². The molecule has 0 radical (unpaired) electrons. The third kappa shape index (κ3) is 3.24. The summed E-state index contributed by atoms with van der Waals surface area (Å²) in [6.07, 6.45) is -0.336. The molecule has 1 atom stereocenters. The SMILES string of the molecule is CCOC(=O)Cc1nc(C2COCCO2)no1. The molecule has 1 aromatic heterocycles. The summed E-state index contributed by atoms with van der Waals surface area (Å²) in [7, 11) is 0. The van der Waals surface area contributed by atoms with Crippen molar-refractivity contribution in [3.8, 4) is 0 Å². The Balaban J connectivity index is 1.93. The van der Waals surface area contributed by atoms with Crippen LogP contribution in [0.25, 0.3) is 0 Å². The third-order valence-corrected chi connectivity index (χ3v) is 2.19. The first kappa shape index (κ1) is 12.0. The van der Waals surface area contributed by atoms with E-state index in [-0.39, 0.29) is 24.4 Å². The number of aromatic nitrogens is 2. The minimum Gasteiger partial charge on any atom is -0.466 e. The fourth-order valence-corrected chi connectivity index (χ4v) is 1.44. The van der Waals surface area contributed by atoms with E-state index < -0.39 is 0 Å². The van der Waals surface area contributed by atoms with Crippen molar-refractivity contribution >= 4 is 5.97 Å². The van der Waals surface area contributed by atoms with Gasteiger partial charge in [0.2, 0.25) is 11.7 Å². The first-order valence-corrected chi connectivity index (χ1v) is 5.47. The minimum absolute atomic E-state index is 0.0194. The predicted molar refractivity (Wildman–Crippen MR) is 54.1 cm³/mol.